The third-order valence-corrected chi connectivity index (χ3v) is 3.92. The predicted molar refractivity (Wildman–Crippen MR) is 70.7 cm³/mol. The smallest absolute Gasteiger partial charge is 0.306 e. The van der Waals surface area contributed by atoms with Crippen LogP contribution >= 0.6 is 0 Å². The van der Waals surface area contributed by atoms with E-state index >= 15 is 0 Å². The van der Waals surface area contributed by atoms with E-state index in [9.17, 15) is 4.79 Å². The second-order valence-electron chi connectivity index (χ2n) is 5.22. The number of carbonyl (C=O) groups is 1. The molecule has 0 bridgehead atoms. The van der Waals surface area contributed by atoms with Crippen molar-refractivity contribution in [3.8, 4) is 0 Å². The third-order valence-electron chi connectivity index (χ3n) is 3.92. The van der Waals surface area contributed by atoms with Crippen molar-refractivity contribution in [3.63, 3.8) is 0 Å². The van der Waals surface area contributed by atoms with E-state index in [1.54, 1.807) is 0 Å². The van der Waals surface area contributed by atoms with Gasteiger partial charge in [0.1, 0.15) is 0 Å². The summed E-state index contributed by atoms with van der Waals surface area (Å²) in [6.45, 7) is 4.11. The van der Waals surface area contributed by atoms with Gasteiger partial charge in [0.15, 0.2) is 5.60 Å². The first-order valence-electron chi connectivity index (χ1n) is 6.86. The standard InChI is InChI=1S/C15H19NO3/c17-14-6-7-15(19-14,13-4-2-1-3-5-13)12-16-8-10-18-11-9-16/h1-5H,6-12H2. The molecule has 2 saturated heterocycles. The van der Waals surface area contributed by atoms with Crippen LogP contribution in [0.2, 0.25) is 0 Å². The number of hydrogen-bond acceptors (Lipinski definition) is 4. The molecule has 2 aliphatic rings. The summed E-state index contributed by atoms with van der Waals surface area (Å²) in [6.07, 6.45) is 1.28. The highest BCUT2D eigenvalue weighted by Crippen LogP contribution is 2.37. The fourth-order valence-electron chi connectivity index (χ4n) is 2.89. The number of cyclic esters (lactones) is 1. The number of benzene rings is 1. The highest BCUT2D eigenvalue weighted by Gasteiger charge is 2.43. The van der Waals surface area contributed by atoms with Gasteiger partial charge < -0.3 is 9.47 Å². The first-order chi connectivity index (χ1) is 9.28. The minimum absolute atomic E-state index is 0.0860. The van der Waals surface area contributed by atoms with Gasteiger partial charge in [-0.15, -0.1) is 0 Å². The molecule has 2 heterocycles. The molecule has 1 aromatic rings. The normalized spacial score (nSPS) is 28.3. The van der Waals surface area contributed by atoms with Crippen LogP contribution in [0.25, 0.3) is 0 Å². The quantitative estimate of drug-likeness (QED) is 0.774. The van der Waals surface area contributed by atoms with Gasteiger partial charge in [-0.1, -0.05) is 30.3 Å². The van der Waals surface area contributed by atoms with Gasteiger partial charge in [-0.25, -0.2) is 0 Å². The van der Waals surface area contributed by atoms with E-state index in [0.717, 1.165) is 44.8 Å². The van der Waals surface area contributed by atoms with Crippen LogP contribution in [0.15, 0.2) is 30.3 Å². The van der Waals surface area contributed by atoms with Crippen molar-refractivity contribution in [1.82, 2.24) is 4.90 Å². The van der Waals surface area contributed by atoms with Crippen LogP contribution in [0, 0.1) is 0 Å². The van der Waals surface area contributed by atoms with E-state index in [1.165, 1.54) is 0 Å². The molecule has 0 spiro atoms. The summed E-state index contributed by atoms with van der Waals surface area (Å²) in [5.74, 6) is -0.0860. The molecule has 3 rings (SSSR count). The van der Waals surface area contributed by atoms with Gasteiger partial charge in [-0.3, -0.25) is 9.69 Å². The van der Waals surface area contributed by atoms with Gasteiger partial charge in [-0.2, -0.15) is 0 Å². The lowest BCUT2D eigenvalue weighted by Crippen LogP contribution is -2.45. The molecule has 4 heteroatoms. The summed E-state index contributed by atoms with van der Waals surface area (Å²) in [5, 5.41) is 0. The van der Waals surface area contributed by atoms with Gasteiger partial charge in [0.05, 0.1) is 13.2 Å². The van der Waals surface area contributed by atoms with Crippen LogP contribution in [-0.4, -0.2) is 43.7 Å². The zero-order valence-corrected chi connectivity index (χ0v) is 11.0. The monoisotopic (exact) mass is 261 g/mol. The Labute approximate surface area is 113 Å². The van der Waals surface area contributed by atoms with Gasteiger partial charge in [0.2, 0.25) is 0 Å². The van der Waals surface area contributed by atoms with Gasteiger partial charge in [-0.05, 0) is 5.56 Å². The molecule has 1 atom stereocenters. The third kappa shape index (κ3) is 2.65. The molecule has 2 fully saturated rings. The van der Waals surface area contributed by atoms with Crippen molar-refractivity contribution in [2.45, 2.75) is 18.4 Å². The van der Waals surface area contributed by atoms with Gasteiger partial charge in [0.25, 0.3) is 0 Å². The van der Waals surface area contributed by atoms with E-state index in [0.29, 0.717) is 6.42 Å². The summed E-state index contributed by atoms with van der Waals surface area (Å²) in [4.78, 5) is 13.9. The maximum absolute atomic E-state index is 11.6. The van der Waals surface area contributed by atoms with Crippen molar-refractivity contribution in [2.24, 2.45) is 0 Å². The van der Waals surface area contributed by atoms with Crippen LogP contribution in [0.3, 0.4) is 0 Å². The number of esters is 1. The Morgan fingerprint density at radius 1 is 1.16 bits per heavy atom. The summed E-state index contributed by atoms with van der Waals surface area (Å²) in [7, 11) is 0. The van der Waals surface area contributed by atoms with E-state index in [1.807, 2.05) is 18.2 Å². The highest BCUT2D eigenvalue weighted by atomic mass is 16.6. The van der Waals surface area contributed by atoms with Gasteiger partial charge >= 0.3 is 5.97 Å². The minimum atomic E-state index is -0.463. The van der Waals surface area contributed by atoms with Crippen LogP contribution in [0.5, 0.6) is 0 Å². The lowest BCUT2D eigenvalue weighted by atomic mass is 9.90. The summed E-state index contributed by atoms with van der Waals surface area (Å²) in [5.41, 5.74) is 0.641. The first-order valence-corrected chi connectivity index (χ1v) is 6.86. The summed E-state index contributed by atoms with van der Waals surface area (Å²) < 4.78 is 11.1. The lowest BCUT2D eigenvalue weighted by Gasteiger charge is -2.36. The minimum Gasteiger partial charge on any atom is -0.453 e. The summed E-state index contributed by atoms with van der Waals surface area (Å²) in [6, 6.07) is 10.1. The van der Waals surface area contributed by atoms with Crippen LogP contribution in [-0.2, 0) is 19.9 Å². The zero-order valence-electron chi connectivity index (χ0n) is 11.0. The molecular weight excluding hydrogens is 242 g/mol. The second kappa shape index (κ2) is 5.31. The molecule has 0 saturated carbocycles. The molecule has 0 aliphatic carbocycles. The Morgan fingerprint density at radius 3 is 2.53 bits per heavy atom. The average molecular weight is 261 g/mol. The molecule has 19 heavy (non-hydrogen) atoms. The number of hydrogen-bond donors (Lipinski definition) is 0. The van der Waals surface area contributed by atoms with Crippen molar-refractivity contribution >= 4 is 5.97 Å². The molecule has 0 radical (unpaired) electrons. The fraction of sp³-hybridized carbons (Fsp3) is 0.533. The molecule has 102 valence electrons. The molecule has 0 N–H and O–H groups in total. The second-order valence-corrected chi connectivity index (χ2v) is 5.22. The molecular formula is C15H19NO3. The van der Waals surface area contributed by atoms with Crippen molar-refractivity contribution in [3.05, 3.63) is 35.9 Å². The first kappa shape index (κ1) is 12.6. The van der Waals surface area contributed by atoms with Crippen molar-refractivity contribution in [2.75, 3.05) is 32.8 Å². The molecule has 4 nitrogen and oxygen atoms in total. The maximum Gasteiger partial charge on any atom is 0.306 e. The predicted octanol–water partition coefficient (Wildman–Crippen LogP) is 1.55. The van der Waals surface area contributed by atoms with E-state index in [-0.39, 0.29) is 5.97 Å². The fourth-order valence-corrected chi connectivity index (χ4v) is 2.89. The molecule has 0 aromatic heterocycles. The van der Waals surface area contributed by atoms with Crippen LogP contribution in [0.1, 0.15) is 18.4 Å². The van der Waals surface area contributed by atoms with E-state index in [2.05, 4.69) is 17.0 Å². The topological polar surface area (TPSA) is 38.8 Å². The highest BCUT2D eigenvalue weighted by molar-refractivity contribution is 5.72. The molecule has 0 amide bonds. The molecule has 2 aliphatic heterocycles. The molecule has 1 unspecified atom stereocenters. The Balaban J connectivity index is 1.83. The van der Waals surface area contributed by atoms with Gasteiger partial charge in [0, 0.05) is 32.5 Å². The maximum atomic E-state index is 11.6. The van der Waals surface area contributed by atoms with Crippen LogP contribution < -0.4 is 0 Å². The van der Waals surface area contributed by atoms with E-state index < -0.39 is 5.60 Å². The number of morpholine rings is 1. The Kier molecular flexibility index (Phi) is 3.53. The number of rotatable bonds is 3. The lowest BCUT2D eigenvalue weighted by molar-refractivity contribution is -0.151. The van der Waals surface area contributed by atoms with Crippen LogP contribution in [0.4, 0.5) is 0 Å². The van der Waals surface area contributed by atoms with E-state index in [4.69, 9.17) is 9.47 Å². The number of carbonyl (C=O) groups excluding carboxylic acids is 1. The van der Waals surface area contributed by atoms with Crippen molar-refractivity contribution in [1.29, 1.82) is 0 Å². The Morgan fingerprint density at radius 2 is 1.89 bits per heavy atom. The number of nitrogens with zero attached hydrogens (tertiary/aromatic N) is 1. The largest absolute Gasteiger partial charge is 0.453 e. The summed E-state index contributed by atoms with van der Waals surface area (Å²) >= 11 is 0. The van der Waals surface area contributed by atoms with Crippen molar-refractivity contribution < 1.29 is 14.3 Å². The zero-order chi connectivity index (χ0) is 13.1. The SMILES string of the molecule is O=C1CCC(CN2CCOCC2)(c2ccccc2)O1. The number of ether oxygens (including phenoxy) is 2. The Hall–Kier alpha value is -1.39. The average Bonchev–Trinajstić information content (AvgIpc) is 2.83. The molecule has 1 aromatic carbocycles. The Bertz CT molecular complexity index is 442.